The Morgan fingerprint density at radius 3 is 2.40 bits per heavy atom. The van der Waals surface area contributed by atoms with Gasteiger partial charge in [0.2, 0.25) is 5.95 Å². The molecule has 0 radical (unpaired) electrons. The molecule has 0 aliphatic rings. The molecule has 3 rings (SSSR count). The zero-order valence-corrected chi connectivity index (χ0v) is 13.7. The van der Waals surface area contributed by atoms with E-state index in [1.807, 2.05) is 36.4 Å². The monoisotopic (exact) mass is 333 g/mol. The summed E-state index contributed by atoms with van der Waals surface area (Å²) in [4.78, 5) is 24.6. The van der Waals surface area contributed by atoms with E-state index in [0.717, 1.165) is 18.7 Å². The molecule has 0 atom stereocenters. The van der Waals surface area contributed by atoms with E-state index >= 15 is 0 Å². The molecule has 2 N–H and O–H groups in total. The van der Waals surface area contributed by atoms with E-state index in [-0.39, 0.29) is 5.91 Å². The first-order valence-electron chi connectivity index (χ1n) is 8.09. The van der Waals surface area contributed by atoms with Crippen molar-refractivity contribution >= 4 is 11.9 Å². The van der Waals surface area contributed by atoms with Crippen LogP contribution in [0.4, 0.5) is 5.95 Å². The smallest absolute Gasteiger partial charge is 0.254 e. The van der Waals surface area contributed by atoms with Crippen molar-refractivity contribution in [3.8, 4) is 0 Å². The third-order valence-electron chi connectivity index (χ3n) is 3.61. The average molecular weight is 333 g/mol. The number of nitrogens with one attached hydrogen (secondary N) is 2. The van der Waals surface area contributed by atoms with Crippen molar-refractivity contribution in [1.82, 2.24) is 20.3 Å². The van der Waals surface area contributed by atoms with Gasteiger partial charge in [0.1, 0.15) is 0 Å². The quantitative estimate of drug-likeness (QED) is 0.694. The van der Waals surface area contributed by atoms with Crippen LogP contribution in [0.2, 0.25) is 0 Å². The van der Waals surface area contributed by atoms with E-state index < -0.39 is 0 Å². The first-order valence-corrected chi connectivity index (χ1v) is 8.09. The van der Waals surface area contributed by atoms with Crippen LogP contribution in [-0.4, -0.2) is 27.4 Å². The Labute approximate surface area is 146 Å². The van der Waals surface area contributed by atoms with Crippen molar-refractivity contribution < 1.29 is 4.79 Å². The van der Waals surface area contributed by atoms with E-state index in [4.69, 9.17) is 0 Å². The summed E-state index contributed by atoms with van der Waals surface area (Å²) in [5.74, 6) is 0.290. The summed E-state index contributed by atoms with van der Waals surface area (Å²) >= 11 is 0. The second-order valence-corrected chi connectivity index (χ2v) is 5.46. The van der Waals surface area contributed by atoms with Gasteiger partial charge < -0.3 is 10.6 Å². The van der Waals surface area contributed by atoms with E-state index in [1.165, 1.54) is 18.0 Å². The summed E-state index contributed by atoms with van der Waals surface area (Å²) in [7, 11) is 0. The van der Waals surface area contributed by atoms with E-state index in [1.54, 1.807) is 6.20 Å². The fourth-order valence-corrected chi connectivity index (χ4v) is 2.28. The molecule has 0 aliphatic carbocycles. The zero-order chi connectivity index (χ0) is 17.3. The SMILES string of the molecule is O=C(NCc1ccccn1)c1cnc(NCCc2ccccc2)nc1. The lowest BCUT2D eigenvalue weighted by Crippen LogP contribution is -2.23. The second kappa shape index (κ2) is 8.54. The molecule has 2 aromatic heterocycles. The topological polar surface area (TPSA) is 79.8 Å². The number of aromatic nitrogens is 3. The minimum atomic E-state index is -0.221. The van der Waals surface area contributed by atoms with Crippen molar-refractivity contribution in [2.75, 3.05) is 11.9 Å². The Balaban J connectivity index is 1.47. The number of hydrogen-bond acceptors (Lipinski definition) is 5. The van der Waals surface area contributed by atoms with Crippen molar-refractivity contribution in [3.05, 3.63) is 83.9 Å². The molecule has 0 unspecified atom stereocenters. The number of pyridine rings is 1. The first-order chi connectivity index (χ1) is 12.3. The van der Waals surface area contributed by atoms with Crippen LogP contribution >= 0.6 is 0 Å². The van der Waals surface area contributed by atoms with Gasteiger partial charge in [0, 0.05) is 25.1 Å². The summed E-state index contributed by atoms with van der Waals surface area (Å²) in [5.41, 5.74) is 2.47. The molecule has 25 heavy (non-hydrogen) atoms. The van der Waals surface area contributed by atoms with E-state index in [2.05, 4.69) is 37.7 Å². The van der Waals surface area contributed by atoms with Crippen molar-refractivity contribution in [2.45, 2.75) is 13.0 Å². The highest BCUT2D eigenvalue weighted by Crippen LogP contribution is 2.03. The molecule has 6 nitrogen and oxygen atoms in total. The zero-order valence-electron chi connectivity index (χ0n) is 13.7. The van der Waals surface area contributed by atoms with Gasteiger partial charge in [-0.15, -0.1) is 0 Å². The molecule has 1 amide bonds. The lowest BCUT2D eigenvalue weighted by molar-refractivity contribution is 0.0949. The number of carbonyl (C=O) groups is 1. The van der Waals surface area contributed by atoms with E-state index in [9.17, 15) is 4.79 Å². The molecular formula is C19H19N5O. The number of hydrogen-bond donors (Lipinski definition) is 2. The normalized spacial score (nSPS) is 10.2. The predicted molar refractivity (Wildman–Crippen MR) is 96.1 cm³/mol. The van der Waals surface area contributed by atoms with Crippen LogP contribution in [0.5, 0.6) is 0 Å². The largest absolute Gasteiger partial charge is 0.354 e. The van der Waals surface area contributed by atoms with Gasteiger partial charge in [-0.3, -0.25) is 9.78 Å². The highest BCUT2D eigenvalue weighted by Gasteiger charge is 2.07. The Morgan fingerprint density at radius 1 is 0.920 bits per heavy atom. The Morgan fingerprint density at radius 2 is 1.68 bits per heavy atom. The maximum Gasteiger partial charge on any atom is 0.254 e. The fourth-order valence-electron chi connectivity index (χ4n) is 2.28. The summed E-state index contributed by atoms with van der Waals surface area (Å²) < 4.78 is 0. The summed E-state index contributed by atoms with van der Waals surface area (Å²) in [6.07, 6.45) is 5.62. The van der Waals surface area contributed by atoms with Gasteiger partial charge in [0.25, 0.3) is 5.91 Å². The molecule has 0 aliphatic heterocycles. The molecule has 6 heteroatoms. The molecule has 0 saturated carbocycles. The molecule has 2 heterocycles. The Kier molecular flexibility index (Phi) is 5.66. The molecule has 0 spiro atoms. The Hall–Kier alpha value is -3.28. The van der Waals surface area contributed by atoms with Gasteiger partial charge >= 0.3 is 0 Å². The lowest BCUT2D eigenvalue weighted by Gasteiger charge is -2.07. The average Bonchev–Trinajstić information content (AvgIpc) is 2.68. The third kappa shape index (κ3) is 5.10. The molecule has 126 valence electrons. The van der Waals surface area contributed by atoms with Crippen LogP contribution in [-0.2, 0) is 13.0 Å². The van der Waals surface area contributed by atoms with Crippen molar-refractivity contribution in [2.24, 2.45) is 0 Å². The number of carbonyl (C=O) groups excluding carboxylic acids is 1. The van der Waals surface area contributed by atoms with Gasteiger partial charge in [-0.05, 0) is 24.1 Å². The molecule has 0 fully saturated rings. The van der Waals surface area contributed by atoms with Crippen LogP contribution in [0.25, 0.3) is 0 Å². The molecular weight excluding hydrogens is 314 g/mol. The molecule has 0 saturated heterocycles. The van der Waals surface area contributed by atoms with Gasteiger partial charge in [-0.1, -0.05) is 36.4 Å². The fraction of sp³-hybridized carbons (Fsp3) is 0.158. The van der Waals surface area contributed by atoms with Crippen molar-refractivity contribution in [3.63, 3.8) is 0 Å². The van der Waals surface area contributed by atoms with Gasteiger partial charge in [-0.25, -0.2) is 9.97 Å². The van der Waals surface area contributed by atoms with Crippen LogP contribution < -0.4 is 10.6 Å². The highest BCUT2D eigenvalue weighted by atomic mass is 16.1. The number of benzene rings is 1. The minimum Gasteiger partial charge on any atom is -0.354 e. The standard InChI is InChI=1S/C19H19N5O/c25-18(22-14-17-8-4-5-10-20-17)16-12-23-19(24-13-16)21-11-9-15-6-2-1-3-7-15/h1-8,10,12-13H,9,11,14H2,(H,22,25)(H,21,23,24). The highest BCUT2D eigenvalue weighted by molar-refractivity contribution is 5.93. The number of rotatable bonds is 7. The minimum absolute atomic E-state index is 0.221. The summed E-state index contributed by atoms with van der Waals surface area (Å²) in [6.45, 7) is 1.10. The number of amides is 1. The third-order valence-corrected chi connectivity index (χ3v) is 3.61. The summed E-state index contributed by atoms with van der Waals surface area (Å²) in [5, 5.41) is 5.95. The summed E-state index contributed by atoms with van der Waals surface area (Å²) in [6, 6.07) is 15.8. The molecule has 0 bridgehead atoms. The molecule has 1 aromatic carbocycles. The lowest BCUT2D eigenvalue weighted by atomic mass is 10.1. The van der Waals surface area contributed by atoms with Crippen LogP contribution in [0.15, 0.2) is 67.1 Å². The number of anilines is 1. The molecule has 3 aromatic rings. The van der Waals surface area contributed by atoms with Gasteiger partial charge in [0.15, 0.2) is 0 Å². The predicted octanol–water partition coefficient (Wildman–Crippen LogP) is 2.46. The van der Waals surface area contributed by atoms with Crippen LogP contribution in [0.1, 0.15) is 21.6 Å². The first kappa shape index (κ1) is 16.6. The Bertz CT molecular complexity index is 791. The van der Waals surface area contributed by atoms with Crippen LogP contribution in [0, 0.1) is 0 Å². The van der Waals surface area contributed by atoms with Gasteiger partial charge in [0.05, 0.1) is 17.8 Å². The maximum absolute atomic E-state index is 12.1. The van der Waals surface area contributed by atoms with Crippen molar-refractivity contribution in [1.29, 1.82) is 0 Å². The number of nitrogens with zero attached hydrogens (tertiary/aromatic N) is 3. The van der Waals surface area contributed by atoms with Gasteiger partial charge in [-0.2, -0.15) is 0 Å². The second-order valence-electron chi connectivity index (χ2n) is 5.46. The van der Waals surface area contributed by atoms with Crippen LogP contribution in [0.3, 0.4) is 0 Å². The van der Waals surface area contributed by atoms with E-state index in [0.29, 0.717) is 18.1 Å². The maximum atomic E-state index is 12.1.